The van der Waals surface area contributed by atoms with Gasteiger partial charge in [0.25, 0.3) is 0 Å². The molecule has 1 aliphatic heterocycles. The maximum absolute atomic E-state index is 5.76. The Bertz CT molecular complexity index is 194. The predicted molar refractivity (Wildman–Crippen MR) is 62.3 cm³/mol. The van der Waals surface area contributed by atoms with Gasteiger partial charge in [0.05, 0.1) is 0 Å². The molecule has 0 amide bonds. The molecule has 1 unspecified atom stereocenters. The molecule has 0 saturated carbocycles. The van der Waals surface area contributed by atoms with E-state index in [1.165, 1.54) is 0 Å². The normalized spacial score (nSPS) is 32.3. The van der Waals surface area contributed by atoms with Crippen LogP contribution in [0.5, 0.6) is 0 Å². The first-order valence-corrected chi connectivity index (χ1v) is 5.53. The Morgan fingerprint density at radius 1 is 1.46 bits per heavy atom. The molecule has 1 fully saturated rings. The molecule has 1 saturated heterocycles. The zero-order valence-electron chi connectivity index (χ0n) is 8.80. The van der Waals surface area contributed by atoms with Gasteiger partial charge in [0.2, 0.25) is 0 Å². The summed E-state index contributed by atoms with van der Waals surface area (Å²) in [4.78, 5) is 0. The van der Waals surface area contributed by atoms with Gasteiger partial charge in [-0.25, -0.2) is 3.17 Å². The number of nitrogens with two attached hydrogens (primary N) is 1. The van der Waals surface area contributed by atoms with Crippen LogP contribution in [0.15, 0.2) is 0 Å². The summed E-state index contributed by atoms with van der Waals surface area (Å²) in [5.74, 6) is 0.511. The number of rotatable bonds is 2. The van der Waals surface area contributed by atoms with E-state index < -0.39 is 0 Å². The third-order valence-corrected chi connectivity index (χ3v) is 3.57. The minimum absolute atomic E-state index is 0.0411. The molecule has 0 aromatic carbocycles. The van der Waals surface area contributed by atoms with E-state index in [4.69, 9.17) is 8.90 Å². The first-order chi connectivity index (χ1) is 5.86. The smallest absolute Gasteiger partial charge is 0.137 e. The summed E-state index contributed by atoms with van der Waals surface area (Å²) in [6.45, 7) is 9.51. The van der Waals surface area contributed by atoms with Gasteiger partial charge in [-0.1, -0.05) is 0 Å². The van der Waals surface area contributed by atoms with Crippen molar-refractivity contribution in [3.63, 3.8) is 0 Å². The average molecular weight is 298 g/mol. The Balaban J connectivity index is 2.92. The lowest BCUT2D eigenvalue weighted by molar-refractivity contribution is -0.135. The van der Waals surface area contributed by atoms with Gasteiger partial charge in [-0.3, -0.25) is 0 Å². The standard InChI is InChI=1S/C9H19IN2O/c1-8(2)5-7(6-11)9(3,4)12(8)13-10/h7H,5-6,11H2,1-4H3. The quantitative estimate of drug-likeness (QED) is 0.794. The Morgan fingerprint density at radius 3 is 2.23 bits per heavy atom. The minimum atomic E-state index is 0.0411. The van der Waals surface area contributed by atoms with E-state index in [1.54, 1.807) is 0 Å². The number of hydroxylamine groups is 2. The van der Waals surface area contributed by atoms with Crippen LogP contribution in [0.4, 0.5) is 0 Å². The zero-order valence-corrected chi connectivity index (χ0v) is 11.0. The van der Waals surface area contributed by atoms with Gasteiger partial charge in [-0.2, -0.15) is 5.06 Å². The van der Waals surface area contributed by atoms with Crippen molar-refractivity contribution in [1.82, 2.24) is 5.06 Å². The van der Waals surface area contributed by atoms with E-state index >= 15 is 0 Å². The fourth-order valence-corrected chi connectivity index (χ4v) is 3.48. The highest BCUT2D eigenvalue weighted by Crippen LogP contribution is 2.45. The van der Waals surface area contributed by atoms with Crippen molar-refractivity contribution in [3.05, 3.63) is 0 Å². The summed E-state index contributed by atoms with van der Waals surface area (Å²) in [6, 6.07) is 0. The van der Waals surface area contributed by atoms with Gasteiger partial charge in [-0.15, -0.1) is 0 Å². The van der Waals surface area contributed by atoms with Crippen molar-refractivity contribution in [2.24, 2.45) is 11.7 Å². The average Bonchev–Trinajstić information content (AvgIpc) is 2.16. The van der Waals surface area contributed by atoms with Gasteiger partial charge in [0, 0.05) is 11.1 Å². The fraction of sp³-hybridized carbons (Fsp3) is 1.00. The fourth-order valence-electron chi connectivity index (χ4n) is 2.44. The number of halogens is 1. The van der Waals surface area contributed by atoms with Gasteiger partial charge in [0.1, 0.15) is 23.0 Å². The van der Waals surface area contributed by atoms with Gasteiger partial charge >= 0.3 is 0 Å². The van der Waals surface area contributed by atoms with Crippen molar-refractivity contribution < 1.29 is 3.17 Å². The van der Waals surface area contributed by atoms with Crippen LogP contribution in [0.1, 0.15) is 34.1 Å². The lowest BCUT2D eigenvalue weighted by Crippen LogP contribution is -2.48. The molecule has 0 spiro atoms. The molecule has 1 rings (SSSR count). The van der Waals surface area contributed by atoms with Crippen LogP contribution in [0.3, 0.4) is 0 Å². The molecule has 0 aromatic heterocycles. The minimum Gasteiger partial charge on any atom is -0.330 e. The lowest BCUT2D eigenvalue weighted by atomic mass is 9.87. The second-order valence-electron chi connectivity index (χ2n) is 4.97. The van der Waals surface area contributed by atoms with Crippen molar-refractivity contribution >= 4 is 23.0 Å². The molecule has 0 aromatic rings. The van der Waals surface area contributed by atoms with E-state index in [0.717, 1.165) is 13.0 Å². The van der Waals surface area contributed by atoms with E-state index in [9.17, 15) is 0 Å². The summed E-state index contributed by atoms with van der Waals surface area (Å²) in [7, 11) is 0. The van der Waals surface area contributed by atoms with E-state index in [-0.39, 0.29) is 11.1 Å². The first-order valence-electron chi connectivity index (χ1n) is 4.65. The molecule has 0 aliphatic carbocycles. The number of hydrogen-bond acceptors (Lipinski definition) is 3. The van der Waals surface area contributed by atoms with Crippen LogP contribution < -0.4 is 5.73 Å². The zero-order chi connectivity index (χ0) is 10.3. The Hall–Kier alpha value is 0.610. The molecule has 1 heterocycles. The van der Waals surface area contributed by atoms with Crippen LogP contribution in [0.2, 0.25) is 0 Å². The van der Waals surface area contributed by atoms with Crippen LogP contribution in [0.25, 0.3) is 0 Å². The van der Waals surface area contributed by atoms with Crippen LogP contribution in [-0.4, -0.2) is 22.7 Å². The maximum atomic E-state index is 5.76. The number of nitrogens with zero attached hydrogens (tertiary/aromatic N) is 1. The molecule has 0 radical (unpaired) electrons. The monoisotopic (exact) mass is 298 g/mol. The van der Waals surface area contributed by atoms with Crippen LogP contribution in [0, 0.1) is 5.92 Å². The highest BCUT2D eigenvalue weighted by molar-refractivity contribution is 14.1. The molecule has 4 heteroatoms. The van der Waals surface area contributed by atoms with Gasteiger partial charge in [-0.05, 0) is 46.6 Å². The first kappa shape index (κ1) is 11.7. The topological polar surface area (TPSA) is 38.5 Å². The maximum Gasteiger partial charge on any atom is 0.137 e. The van der Waals surface area contributed by atoms with Crippen molar-refractivity contribution in [3.8, 4) is 0 Å². The van der Waals surface area contributed by atoms with Gasteiger partial charge in [0.15, 0.2) is 0 Å². The molecular formula is C9H19IN2O. The second-order valence-corrected chi connectivity index (χ2v) is 5.36. The molecule has 13 heavy (non-hydrogen) atoms. The second kappa shape index (κ2) is 3.64. The largest absolute Gasteiger partial charge is 0.330 e. The Morgan fingerprint density at radius 2 is 2.00 bits per heavy atom. The molecule has 1 aliphatic rings. The van der Waals surface area contributed by atoms with Crippen molar-refractivity contribution in [2.45, 2.75) is 45.2 Å². The van der Waals surface area contributed by atoms with Crippen molar-refractivity contribution in [2.75, 3.05) is 6.54 Å². The van der Waals surface area contributed by atoms with Gasteiger partial charge < -0.3 is 5.73 Å². The summed E-state index contributed by atoms with van der Waals surface area (Å²) in [5, 5.41) is 2.07. The predicted octanol–water partition coefficient (Wildman–Crippen LogP) is 2.11. The van der Waals surface area contributed by atoms with E-state index in [1.807, 2.05) is 23.0 Å². The highest BCUT2D eigenvalue weighted by Gasteiger charge is 2.51. The SMILES string of the molecule is CC1(C)CC(CN)C(C)(C)N1OI. The molecule has 2 N–H and O–H groups in total. The molecule has 78 valence electrons. The third-order valence-electron chi connectivity index (χ3n) is 3.17. The van der Waals surface area contributed by atoms with E-state index in [0.29, 0.717) is 5.92 Å². The highest BCUT2D eigenvalue weighted by atomic mass is 127. The van der Waals surface area contributed by atoms with Crippen LogP contribution >= 0.6 is 23.0 Å². The van der Waals surface area contributed by atoms with Crippen LogP contribution in [-0.2, 0) is 3.17 Å². The number of hydrogen-bond donors (Lipinski definition) is 1. The molecular weight excluding hydrogens is 279 g/mol. The molecule has 0 bridgehead atoms. The molecule has 3 nitrogen and oxygen atoms in total. The summed E-state index contributed by atoms with van der Waals surface area (Å²) in [6.07, 6.45) is 1.10. The van der Waals surface area contributed by atoms with E-state index in [2.05, 4.69) is 32.8 Å². The Labute approximate surface area is 94.6 Å². The lowest BCUT2D eigenvalue weighted by Gasteiger charge is -2.37. The third kappa shape index (κ3) is 1.86. The molecule has 1 atom stereocenters. The summed E-state index contributed by atoms with van der Waals surface area (Å²) < 4.78 is 5.42. The van der Waals surface area contributed by atoms with Crippen molar-refractivity contribution in [1.29, 1.82) is 0 Å². The summed E-state index contributed by atoms with van der Waals surface area (Å²) in [5.41, 5.74) is 5.90. The Kier molecular flexibility index (Phi) is 3.27. The summed E-state index contributed by atoms with van der Waals surface area (Å²) >= 11 is 1.95.